The maximum Gasteiger partial charge on any atom is 0.243 e. The van der Waals surface area contributed by atoms with Crippen molar-refractivity contribution in [2.24, 2.45) is 5.73 Å². The topological polar surface area (TPSA) is 92.5 Å². The van der Waals surface area contributed by atoms with Gasteiger partial charge in [-0.3, -0.25) is 4.79 Å². The summed E-state index contributed by atoms with van der Waals surface area (Å²) in [6, 6.07) is 6.48. The molecule has 1 aromatic rings. The Morgan fingerprint density at radius 3 is 2.83 bits per heavy atom. The molecule has 0 bridgehead atoms. The molecule has 1 heterocycles. The zero-order valence-electron chi connectivity index (χ0n) is 9.80. The zero-order valence-corrected chi connectivity index (χ0v) is 10.6. The molecule has 1 aromatic carbocycles. The Morgan fingerprint density at radius 2 is 2.17 bits per heavy atom. The number of nitrogens with one attached hydrogen (secondary N) is 1. The number of benzene rings is 1. The van der Waals surface area contributed by atoms with Gasteiger partial charge in [-0.05, 0) is 17.7 Å². The predicted molar refractivity (Wildman–Crippen MR) is 66.1 cm³/mol. The molecule has 0 unspecified atom stereocenters. The molecule has 0 atom stereocenters. The van der Waals surface area contributed by atoms with Crippen molar-refractivity contribution < 1.29 is 13.2 Å². The van der Waals surface area contributed by atoms with Gasteiger partial charge in [0, 0.05) is 19.6 Å². The van der Waals surface area contributed by atoms with Crippen molar-refractivity contribution in [3.05, 3.63) is 29.8 Å². The predicted octanol–water partition coefficient (Wildman–Crippen LogP) is -0.734. The zero-order chi connectivity index (χ0) is 13.2. The van der Waals surface area contributed by atoms with Crippen LogP contribution in [-0.4, -0.2) is 38.3 Å². The summed E-state index contributed by atoms with van der Waals surface area (Å²) in [6.07, 6.45) is 0. The van der Waals surface area contributed by atoms with Crippen LogP contribution in [0.1, 0.15) is 5.56 Å². The number of hydrogen-bond donors (Lipinski definition) is 2. The Kier molecular flexibility index (Phi) is 3.65. The van der Waals surface area contributed by atoms with Crippen LogP contribution in [0.5, 0.6) is 0 Å². The first-order valence-electron chi connectivity index (χ1n) is 5.60. The maximum atomic E-state index is 12.3. The van der Waals surface area contributed by atoms with Crippen molar-refractivity contribution in [1.82, 2.24) is 9.62 Å². The minimum Gasteiger partial charge on any atom is -0.354 e. The molecular weight excluding hydrogens is 254 g/mol. The summed E-state index contributed by atoms with van der Waals surface area (Å²) in [6.45, 7) is 0.786. The normalized spacial score (nSPS) is 17.5. The van der Waals surface area contributed by atoms with E-state index in [1.807, 2.05) is 0 Å². The summed E-state index contributed by atoms with van der Waals surface area (Å²) >= 11 is 0. The van der Waals surface area contributed by atoms with Crippen LogP contribution >= 0.6 is 0 Å². The molecular formula is C11H15N3O3S. The van der Waals surface area contributed by atoms with E-state index in [-0.39, 0.29) is 23.9 Å². The lowest BCUT2D eigenvalue weighted by Gasteiger charge is -2.26. The SMILES string of the molecule is NCc1cccc(S(=O)(=O)N2CCNC(=O)C2)c1. The molecule has 1 amide bonds. The largest absolute Gasteiger partial charge is 0.354 e. The third-order valence-electron chi connectivity index (χ3n) is 2.78. The van der Waals surface area contributed by atoms with E-state index in [0.717, 1.165) is 5.56 Å². The van der Waals surface area contributed by atoms with Gasteiger partial charge in [-0.1, -0.05) is 12.1 Å². The van der Waals surface area contributed by atoms with Crippen molar-refractivity contribution in [3.8, 4) is 0 Å². The van der Waals surface area contributed by atoms with E-state index in [1.165, 1.54) is 10.4 Å². The first kappa shape index (κ1) is 13.0. The van der Waals surface area contributed by atoms with Crippen LogP contribution in [0, 0.1) is 0 Å². The summed E-state index contributed by atoms with van der Waals surface area (Å²) in [4.78, 5) is 11.4. The van der Waals surface area contributed by atoms with Gasteiger partial charge in [-0.2, -0.15) is 4.31 Å². The average molecular weight is 269 g/mol. The maximum absolute atomic E-state index is 12.3. The van der Waals surface area contributed by atoms with Crippen molar-refractivity contribution in [2.75, 3.05) is 19.6 Å². The smallest absolute Gasteiger partial charge is 0.243 e. The molecule has 0 spiro atoms. The van der Waals surface area contributed by atoms with E-state index >= 15 is 0 Å². The molecule has 1 aliphatic rings. The van der Waals surface area contributed by atoms with Crippen molar-refractivity contribution >= 4 is 15.9 Å². The Hall–Kier alpha value is -1.44. The van der Waals surface area contributed by atoms with Crippen LogP contribution in [0.3, 0.4) is 0 Å². The van der Waals surface area contributed by atoms with Crippen molar-refractivity contribution in [1.29, 1.82) is 0 Å². The molecule has 6 nitrogen and oxygen atoms in total. The minimum atomic E-state index is -3.61. The number of sulfonamides is 1. The van der Waals surface area contributed by atoms with Gasteiger partial charge in [0.15, 0.2) is 0 Å². The Labute approximate surface area is 106 Å². The van der Waals surface area contributed by atoms with E-state index in [9.17, 15) is 13.2 Å². The highest BCUT2D eigenvalue weighted by Gasteiger charge is 2.28. The third-order valence-corrected chi connectivity index (χ3v) is 4.62. The number of carbonyl (C=O) groups is 1. The van der Waals surface area contributed by atoms with Crippen LogP contribution < -0.4 is 11.1 Å². The fraction of sp³-hybridized carbons (Fsp3) is 0.364. The lowest BCUT2D eigenvalue weighted by molar-refractivity contribution is -0.122. The van der Waals surface area contributed by atoms with Gasteiger partial charge in [0.25, 0.3) is 0 Å². The molecule has 1 fully saturated rings. The van der Waals surface area contributed by atoms with Crippen LogP contribution in [0.25, 0.3) is 0 Å². The third kappa shape index (κ3) is 2.53. The molecule has 3 N–H and O–H groups in total. The number of carbonyl (C=O) groups excluding carboxylic acids is 1. The summed E-state index contributed by atoms with van der Waals surface area (Å²) in [5, 5.41) is 2.59. The van der Waals surface area contributed by atoms with Gasteiger partial charge in [0.1, 0.15) is 0 Å². The fourth-order valence-electron chi connectivity index (χ4n) is 1.80. The van der Waals surface area contributed by atoms with Gasteiger partial charge in [0.2, 0.25) is 15.9 Å². The lowest BCUT2D eigenvalue weighted by Crippen LogP contribution is -2.49. The second-order valence-electron chi connectivity index (χ2n) is 4.04. The highest BCUT2D eigenvalue weighted by atomic mass is 32.2. The summed E-state index contributed by atoms with van der Waals surface area (Å²) in [7, 11) is -3.61. The molecule has 0 saturated carbocycles. The van der Waals surface area contributed by atoms with Gasteiger partial charge in [0.05, 0.1) is 11.4 Å². The number of hydrogen-bond acceptors (Lipinski definition) is 4. The molecule has 7 heteroatoms. The van der Waals surface area contributed by atoms with Gasteiger partial charge in [-0.25, -0.2) is 8.42 Å². The monoisotopic (exact) mass is 269 g/mol. The molecule has 1 saturated heterocycles. The molecule has 0 radical (unpaired) electrons. The number of piperazine rings is 1. The quantitative estimate of drug-likeness (QED) is 0.756. The standard InChI is InChI=1S/C11H15N3O3S/c12-7-9-2-1-3-10(6-9)18(16,17)14-5-4-13-11(15)8-14/h1-3,6H,4-5,7-8,12H2,(H,13,15). The van der Waals surface area contributed by atoms with Crippen LogP contribution in [0.2, 0.25) is 0 Å². The molecule has 0 aliphatic carbocycles. The number of nitrogens with zero attached hydrogens (tertiary/aromatic N) is 1. The van der Waals surface area contributed by atoms with Gasteiger partial charge < -0.3 is 11.1 Å². The minimum absolute atomic E-state index is 0.130. The Balaban J connectivity index is 2.32. The van der Waals surface area contributed by atoms with E-state index in [0.29, 0.717) is 13.1 Å². The summed E-state index contributed by atoms with van der Waals surface area (Å²) in [5.41, 5.74) is 6.24. The molecule has 18 heavy (non-hydrogen) atoms. The highest BCUT2D eigenvalue weighted by molar-refractivity contribution is 7.89. The Morgan fingerprint density at radius 1 is 1.39 bits per heavy atom. The first-order valence-corrected chi connectivity index (χ1v) is 7.04. The van der Waals surface area contributed by atoms with Crippen LogP contribution in [0.15, 0.2) is 29.2 Å². The van der Waals surface area contributed by atoms with Crippen molar-refractivity contribution in [3.63, 3.8) is 0 Å². The Bertz CT molecular complexity index is 556. The fourth-order valence-corrected chi connectivity index (χ4v) is 3.27. The van der Waals surface area contributed by atoms with Gasteiger partial charge in [-0.15, -0.1) is 0 Å². The number of rotatable bonds is 3. The highest BCUT2D eigenvalue weighted by Crippen LogP contribution is 2.17. The van der Waals surface area contributed by atoms with E-state index in [2.05, 4.69) is 5.32 Å². The van der Waals surface area contributed by atoms with Gasteiger partial charge >= 0.3 is 0 Å². The average Bonchev–Trinajstić information content (AvgIpc) is 2.39. The van der Waals surface area contributed by atoms with E-state index in [4.69, 9.17) is 5.73 Å². The molecule has 2 rings (SSSR count). The number of amides is 1. The first-order chi connectivity index (χ1) is 8.54. The van der Waals surface area contributed by atoms with E-state index in [1.54, 1.807) is 18.2 Å². The molecule has 1 aliphatic heterocycles. The van der Waals surface area contributed by atoms with E-state index < -0.39 is 10.0 Å². The number of nitrogens with two attached hydrogens (primary N) is 1. The second kappa shape index (κ2) is 5.05. The van der Waals surface area contributed by atoms with Crippen LogP contribution in [-0.2, 0) is 21.4 Å². The lowest BCUT2D eigenvalue weighted by atomic mass is 10.2. The summed E-state index contributed by atoms with van der Waals surface area (Å²) < 4.78 is 25.8. The second-order valence-corrected chi connectivity index (χ2v) is 5.98. The van der Waals surface area contributed by atoms with Crippen LogP contribution in [0.4, 0.5) is 0 Å². The van der Waals surface area contributed by atoms with Crippen molar-refractivity contribution in [2.45, 2.75) is 11.4 Å². The molecule has 98 valence electrons. The summed E-state index contributed by atoms with van der Waals surface area (Å²) in [5.74, 6) is -0.278. The molecule has 0 aromatic heterocycles.